The van der Waals surface area contributed by atoms with Gasteiger partial charge in [0.05, 0.1) is 16.8 Å². The summed E-state index contributed by atoms with van der Waals surface area (Å²) in [6, 6.07) is 13.7. The Morgan fingerprint density at radius 3 is 2.26 bits per heavy atom. The molecule has 0 aliphatic rings. The van der Waals surface area contributed by atoms with Crippen molar-refractivity contribution in [2.24, 2.45) is 5.92 Å². The number of pyridine rings is 1. The van der Waals surface area contributed by atoms with Crippen LogP contribution in [0.1, 0.15) is 68.1 Å². The molecule has 0 amide bonds. The molecule has 1 aromatic heterocycles. The van der Waals surface area contributed by atoms with Gasteiger partial charge in [0.25, 0.3) is 5.56 Å². The maximum absolute atomic E-state index is 14.4. The number of hydrogen-bond acceptors (Lipinski definition) is 6. The fourth-order valence-corrected chi connectivity index (χ4v) is 4.27. The van der Waals surface area contributed by atoms with Gasteiger partial charge in [-0.1, -0.05) is 32.0 Å². The fourth-order valence-electron chi connectivity index (χ4n) is 4.27. The van der Waals surface area contributed by atoms with E-state index in [0.29, 0.717) is 36.6 Å². The highest BCUT2D eigenvalue weighted by Gasteiger charge is 2.25. The van der Waals surface area contributed by atoms with Gasteiger partial charge in [-0.25, -0.2) is 4.39 Å². The number of nitrogens with two attached hydrogens (primary N) is 1. The maximum atomic E-state index is 14.4. The van der Waals surface area contributed by atoms with Crippen LogP contribution in [0.3, 0.4) is 0 Å². The topological polar surface area (TPSA) is 103 Å². The molecule has 1 heterocycles. The van der Waals surface area contributed by atoms with Gasteiger partial charge in [0.1, 0.15) is 23.3 Å². The molecule has 0 bridgehead atoms. The van der Waals surface area contributed by atoms with Crippen LogP contribution in [-0.4, -0.2) is 34.5 Å². The van der Waals surface area contributed by atoms with Crippen LogP contribution in [0, 0.1) is 18.7 Å². The molecule has 1 atom stereocenters. The molecule has 0 saturated heterocycles. The van der Waals surface area contributed by atoms with Crippen LogP contribution in [0.2, 0.25) is 0 Å². The Balaban J connectivity index is 1.75. The number of benzene rings is 2. The summed E-state index contributed by atoms with van der Waals surface area (Å²) >= 11 is 0. The minimum atomic E-state index is -0.641. The van der Waals surface area contributed by atoms with E-state index in [0.717, 1.165) is 5.56 Å². The van der Waals surface area contributed by atoms with Crippen molar-refractivity contribution < 1.29 is 18.7 Å². The van der Waals surface area contributed by atoms with Crippen molar-refractivity contribution >= 4 is 17.6 Å². The summed E-state index contributed by atoms with van der Waals surface area (Å²) in [5, 5.41) is 3.31. The lowest BCUT2D eigenvalue weighted by Gasteiger charge is -2.25. The third-order valence-corrected chi connectivity index (χ3v) is 6.14. The zero-order valence-electron chi connectivity index (χ0n) is 23.5. The lowest BCUT2D eigenvalue weighted by molar-refractivity contribution is -0.157. The number of ketones is 1. The average Bonchev–Trinajstić information content (AvgIpc) is 2.83. The van der Waals surface area contributed by atoms with Crippen LogP contribution in [0.4, 0.5) is 10.2 Å². The van der Waals surface area contributed by atoms with Crippen LogP contribution in [0.15, 0.2) is 59.4 Å². The number of aromatic nitrogens is 1. The van der Waals surface area contributed by atoms with E-state index in [2.05, 4.69) is 19.2 Å². The van der Waals surface area contributed by atoms with Crippen molar-refractivity contribution in [2.45, 2.75) is 66.0 Å². The Kier molecular flexibility index (Phi) is 9.45. The highest BCUT2D eigenvalue weighted by molar-refractivity contribution is 6.11. The summed E-state index contributed by atoms with van der Waals surface area (Å²) in [5.74, 6) is -1.24. The first-order valence-electron chi connectivity index (χ1n) is 13.1. The van der Waals surface area contributed by atoms with Crippen molar-refractivity contribution in [1.29, 1.82) is 0 Å². The van der Waals surface area contributed by atoms with Crippen LogP contribution in [0.25, 0.3) is 5.69 Å². The molecule has 3 rings (SSSR count). The highest BCUT2D eigenvalue weighted by atomic mass is 19.1. The summed E-state index contributed by atoms with van der Waals surface area (Å²) in [5.41, 5.74) is 7.40. The van der Waals surface area contributed by atoms with Gasteiger partial charge in [0.15, 0.2) is 5.78 Å². The van der Waals surface area contributed by atoms with Gasteiger partial charge < -0.3 is 15.8 Å². The summed E-state index contributed by atoms with van der Waals surface area (Å²) in [6.45, 7) is 12.0. The van der Waals surface area contributed by atoms with Gasteiger partial charge in [-0.15, -0.1) is 0 Å². The summed E-state index contributed by atoms with van der Waals surface area (Å²) in [4.78, 5) is 38.4. The quantitative estimate of drug-likeness (QED) is 0.280. The Bertz CT molecular complexity index is 1390. The second-order valence-corrected chi connectivity index (χ2v) is 11.2. The average molecular weight is 536 g/mol. The number of nitrogen functional groups attached to an aromatic ring is 1. The lowest BCUT2D eigenvalue weighted by Crippen LogP contribution is -2.42. The minimum absolute atomic E-state index is 0.0453. The maximum Gasteiger partial charge on any atom is 0.323 e. The zero-order chi connectivity index (χ0) is 28.9. The Morgan fingerprint density at radius 1 is 1.03 bits per heavy atom. The van der Waals surface area contributed by atoms with E-state index in [-0.39, 0.29) is 22.9 Å². The molecule has 3 aromatic rings. The Morgan fingerprint density at radius 2 is 1.67 bits per heavy atom. The molecule has 0 aliphatic heterocycles. The number of ether oxygens (including phenoxy) is 1. The molecule has 7 nitrogen and oxygen atoms in total. The number of hydrogen-bond donors (Lipinski definition) is 2. The van der Waals surface area contributed by atoms with Gasteiger partial charge >= 0.3 is 5.97 Å². The first-order valence-corrected chi connectivity index (χ1v) is 13.1. The van der Waals surface area contributed by atoms with E-state index in [9.17, 15) is 18.8 Å². The predicted octanol–water partition coefficient (Wildman–Crippen LogP) is 4.99. The van der Waals surface area contributed by atoms with Crippen molar-refractivity contribution in [3.63, 3.8) is 0 Å². The number of carbonyl (C=O) groups excluding carboxylic acids is 2. The summed E-state index contributed by atoms with van der Waals surface area (Å²) in [6.07, 6.45) is 1.31. The zero-order valence-corrected chi connectivity index (χ0v) is 23.5. The molecule has 39 heavy (non-hydrogen) atoms. The molecule has 8 heteroatoms. The molecule has 0 radical (unpaired) electrons. The van der Waals surface area contributed by atoms with E-state index < -0.39 is 28.8 Å². The standard InChI is InChI=1S/C31H38FN3O4/c1-19(2)17-26(30(38)39-31(4,5)6)34-16-15-21-8-10-22(11-9-21)35-27(36)14-13-24(29(35)33)28(37)23-12-7-20(3)18-25(23)32/h7-14,18-19,26,34H,15-17,33H2,1-6H3/t26-/m0/s1. The summed E-state index contributed by atoms with van der Waals surface area (Å²) < 4.78 is 21.2. The number of rotatable bonds is 10. The van der Waals surface area contributed by atoms with Crippen LogP contribution in [0.5, 0.6) is 0 Å². The first-order chi connectivity index (χ1) is 18.3. The number of halogens is 1. The molecule has 3 N–H and O–H groups in total. The minimum Gasteiger partial charge on any atom is -0.459 e. The second-order valence-electron chi connectivity index (χ2n) is 11.2. The molecular formula is C31H38FN3O4. The van der Waals surface area contributed by atoms with Gasteiger partial charge in [0, 0.05) is 6.07 Å². The molecule has 0 spiro atoms. The van der Waals surface area contributed by atoms with Crippen LogP contribution in [-0.2, 0) is 16.0 Å². The van der Waals surface area contributed by atoms with E-state index >= 15 is 0 Å². The molecular weight excluding hydrogens is 497 g/mol. The van der Waals surface area contributed by atoms with Gasteiger partial charge in [-0.2, -0.15) is 0 Å². The van der Waals surface area contributed by atoms with Crippen molar-refractivity contribution in [3.05, 3.63) is 93.0 Å². The predicted molar refractivity (Wildman–Crippen MR) is 152 cm³/mol. The first kappa shape index (κ1) is 29.8. The number of anilines is 1. The number of nitrogens with zero attached hydrogens (tertiary/aromatic N) is 1. The smallest absolute Gasteiger partial charge is 0.323 e. The number of nitrogens with one attached hydrogen (secondary N) is 1. The monoisotopic (exact) mass is 535 g/mol. The molecule has 208 valence electrons. The van der Waals surface area contributed by atoms with E-state index in [4.69, 9.17) is 10.5 Å². The van der Waals surface area contributed by atoms with Crippen molar-refractivity contribution in [1.82, 2.24) is 9.88 Å². The van der Waals surface area contributed by atoms with Crippen molar-refractivity contribution in [2.75, 3.05) is 12.3 Å². The van der Waals surface area contributed by atoms with Gasteiger partial charge in [-0.3, -0.25) is 19.0 Å². The van der Waals surface area contributed by atoms with Crippen LogP contribution < -0.4 is 16.6 Å². The van der Waals surface area contributed by atoms with E-state index in [1.807, 2.05) is 32.9 Å². The highest BCUT2D eigenvalue weighted by Crippen LogP contribution is 2.21. The van der Waals surface area contributed by atoms with Gasteiger partial charge in [0.2, 0.25) is 0 Å². The largest absolute Gasteiger partial charge is 0.459 e. The number of esters is 1. The summed E-state index contributed by atoms with van der Waals surface area (Å²) in [7, 11) is 0. The van der Waals surface area contributed by atoms with E-state index in [1.165, 1.54) is 28.8 Å². The van der Waals surface area contributed by atoms with Crippen LogP contribution >= 0.6 is 0 Å². The lowest BCUT2D eigenvalue weighted by atomic mass is 10.0. The molecule has 0 aliphatic carbocycles. The Labute approximate surface area is 229 Å². The fraction of sp³-hybridized carbons (Fsp3) is 0.387. The van der Waals surface area contributed by atoms with E-state index in [1.54, 1.807) is 25.1 Å². The second kappa shape index (κ2) is 12.4. The van der Waals surface area contributed by atoms with Gasteiger partial charge in [-0.05, 0) is 94.5 Å². The third kappa shape index (κ3) is 7.86. The van der Waals surface area contributed by atoms with Crippen molar-refractivity contribution in [3.8, 4) is 5.69 Å². The Hall–Kier alpha value is -3.78. The number of carbonyl (C=O) groups is 2. The molecule has 0 unspecified atom stereocenters. The molecule has 0 fully saturated rings. The molecule has 2 aromatic carbocycles. The number of aryl methyl sites for hydroxylation is 1. The molecule has 0 saturated carbocycles. The third-order valence-electron chi connectivity index (χ3n) is 6.14. The normalized spacial score (nSPS) is 12.4. The SMILES string of the molecule is Cc1ccc(C(=O)c2ccc(=O)n(-c3ccc(CCN[C@@H](CC(C)C)C(=O)OC(C)(C)C)cc3)c2N)c(F)c1.